The maximum Gasteiger partial charge on any atom is 0.326 e. The number of phenols is 1. The lowest BCUT2D eigenvalue weighted by atomic mass is 9.88. The minimum atomic E-state index is -1.13. The molecular formula is C28H43N3O7. The first-order valence-electron chi connectivity index (χ1n) is 13.3. The molecule has 3 amide bonds. The van der Waals surface area contributed by atoms with Gasteiger partial charge in [-0.15, -0.1) is 0 Å². The Labute approximate surface area is 224 Å². The highest BCUT2D eigenvalue weighted by Gasteiger charge is 2.34. The van der Waals surface area contributed by atoms with Gasteiger partial charge in [-0.1, -0.05) is 53.2 Å². The molecule has 2 rings (SSSR count). The SMILES string of the molecule is CC[C@H](C)[C@H](NC(=O)[C@H](Cc1ccc(O)cc1)NC(=O)[C@@H]1CCCO1)C(=O)N[C@@H](CCC(C)(C)C)C(=O)O. The average molecular weight is 534 g/mol. The molecule has 10 heteroatoms. The van der Waals surface area contributed by atoms with Gasteiger partial charge < -0.3 is 30.9 Å². The molecule has 5 N–H and O–H groups in total. The Balaban J connectivity index is 2.20. The van der Waals surface area contributed by atoms with Crippen molar-refractivity contribution < 1.29 is 34.1 Å². The van der Waals surface area contributed by atoms with Crippen molar-refractivity contribution >= 4 is 23.7 Å². The van der Waals surface area contributed by atoms with E-state index in [1.165, 1.54) is 12.1 Å². The summed E-state index contributed by atoms with van der Waals surface area (Å²) in [4.78, 5) is 51.3. The Bertz CT molecular complexity index is 952. The molecule has 0 spiro atoms. The van der Waals surface area contributed by atoms with Gasteiger partial charge in [-0.2, -0.15) is 0 Å². The molecule has 1 aromatic rings. The van der Waals surface area contributed by atoms with Gasteiger partial charge >= 0.3 is 5.97 Å². The van der Waals surface area contributed by atoms with E-state index >= 15 is 0 Å². The first kappa shape index (κ1) is 31.1. The van der Waals surface area contributed by atoms with Crippen molar-refractivity contribution in [2.45, 2.75) is 97.4 Å². The lowest BCUT2D eigenvalue weighted by molar-refractivity contribution is -0.143. The van der Waals surface area contributed by atoms with Gasteiger partial charge in [0.2, 0.25) is 17.7 Å². The van der Waals surface area contributed by atoms with Crippen molar-refractivity contribution in [1.29, 1.82) is 0 Å². The van der Waals surface area contributed by atoms with Gasteiger partial charge in [0.1, 0.15) is 30.0 Å². The molecule has 1 saturated heterocycles. The van der Waals surface area contributed by atoms with Crippen LogP contribution >= 0.6 is 0 Å². The van der Waals surface area contributed by atoms with Crippen LogP contribution in [0.1, 0.15) is 72.3 Å². The summed E-state index contributed by atoms with van der Waals surface area (Å²) >= 11 is 0. The Morgan fingerprint density at radius 3 is 2.21 bits per heavy atom. The molecular weight excluding hydrogens is 490 g/mol. The van der Waals surface area contributed by atoms with E-state index < -0.39 is 47.9 Å². The number of phenolic OH excluding ortho intramolecular Hbond substituents is 1. The number of aliphatic carboxylic acids is 1. The predicted octanol–water partition coefficient (Wildman–Crippen LogP) is 2.53. The maximum atomic E-state index is 13.5. The number of carbonyl (C=O) groups is 4. The van der Waals surface area contributed by atoms with Gasteiger partial charge in [0, 0.05) is 13.0 Å². The highest BCUT2D eigenvalue weighted by atomic mass is 16.5. The fourth-order valence-electron chi connectivity index (χ4n) is 4.18. The lowest BCUT2D eigenvalue weighted by Gasteiger charge is -2.28. The normalized spacial score (nSPS) is 18.6. The van der Waals surface area contributed by atoms with Crippen LogP contribution in [0.25, 0.3) is 0 Å². The molecule has 38 heavy (non-hydrogen) atoms. The fourth-order valence-corrected chi connectivity index (χ4v) is 4.18. The van der Waals surface area contributed by atoms with E-state index in [0.29, 0.717) is 31.4 Å². The number of carboxylic acid groups (broad SMARTS) is 1. The molecule has 212 valence electrons. The van der Waals surface area contributed by atoms with Crippen molar-refractivity contribution in [3.8, 4) is 5.75 Å². The molecule has 1 fully saturated rings. The summed E-state index contributed by atoms with van der Waals surface area (Å²) < 4.78 is 5.45. The molecule has 0 aliphatic carbocycles. The summed E-state index contributed by atoms with van der Waals surface area (Å²) in [6, 6.07) is 3.20. The third kappa shape index (κ3) is 9.96. The van der Waals surface area contributed by atoms with Gasteiger partial charge in [-0.3, -0.25) is 14.4 Å². The highest BCUT2D eigenvalue weighted by molar-refractivity contribution is 5.94. The van der Waals surface area contributed by atoms with Crippen LogP contribution in [-0.2, 0) is 30.3 Å². The van der Waals surface area contributed by atoms with Crippen molar-refractivity contribution in [3.05, 3.63) is 29.8 Å². The Hall–Kier alpha value is -3.14. The third-order valence-corrected chi connectivity index (χ3v) is 6.82. The van der Waals surface area contributed by atoms with E-state index in [4.69, 9.17) is 4.74 Å². The number of amides is 3. The first-order chi connectivity index (χ1) is 17.8. The first-order valence-corrected chi connectivity index (χ1v) is 13.3. The van der Waals surface area contributed by atoms with E-state index in [9.17, 15) is 29.4 Å². The number of nitrogens with one attached hydrogen (secondary N) is 3. The minimum Gasteiger partial charge on any atom is -0.508 e. The second-order valence-corrected chi connectivity index (χ2v) is 11.3. The van der Waals surface area contributed by atoms with Gasteiger partial charge in [0.25, 0.3) is 0 Å². The molecule has 1 heterocycles. The van der Waals surface area contributed by atoms with Crippen LogP contribution in [0.2, 0.25) is 0 Å². The number of aromatic hydroxyl groups is 1. The fraction of sp³-hybridized carbons (Fsp3) is 0.643. The monoisotopic (exact) mass is 533 g/mol. The maximum absolute atomic E-state index is 13.5. The molecule has 0 aromatic heterocycles. The highest BCUT2D eigenvalue weighted by Crippen LogP contribution is 2.22. The van der Waals surface area contributed by atoms with Gasteiger partial charge in [-0.05, 0) is 54.7 Å². The van der Waals surface area contributed by atoms with Gasteiger partial charge in [-0.25, -0.2) is 4.79 Å². The predicted molar refractivity (Wildman–Crippen MR) is 142 cm³/mol. The Kier molecular flexibility index (Phi) is 11.6. The lowest BCUT2D eigenvalue weighted by Crippen LogP contribution is -2.58. The van der Waals surface area contributed by atoms with Crippen LogP contribution in [0.5, 0.6) is 5.75 Å². The zero-order valence-corrected chi connectivity index (χ0v) is 23.1. The number of hydrogen-bond acceptors (Lipinski definition) is 6. The summed E-state index contributed by atoms with van der Waals surface area (Å²) in [5, 5.41) is 27.4. The number of ether oxygens (including phenoxy) is 1. The topological polar surface area (TPSA) is 154 Å². The molecule has 0 bridgehead atoms. The molecule has 0 unspecified atom stereocenters. The molecule has 0 saturated carbocycles. The largest absolute Gasteiger partial charge is 0.508 e. The Morgan fingerprint density at radius 2 is 1.68 bits per heavy atom. The van der Waals surface area contributed by atoms with Crippen molar-refractivity contribution in [1.82, 2.24) is 16.0 Å². The van der Waals surface area contributed by atoms with E-state index in [1.54, 1.807) is 19.1 Å². The standard InChI is InChI=1S/C28H43N3O7/c1-6-17(2)23(26(35)29-20(27(36)37)13-14-28(3,4)5)31-24(33)21(16-18-9-11-19(32)12-10-18)30-25(34)22-8-7-15-38-22/h9-12,17,20-23,32H,6-8,13-16H2,1-5H3,(H,29,35)(H,30,34)(H,31,33)(H,36,37)/t17-,20-,21-,22-,23-/m0/s1. The number of benzene rings is 1. The van der Waals surface area contributed by atoms with Crippen LogP contribution in [0, 0.1) is 11.3 Å². The van der Waals surface area contributed by atoms with Crippen LogP contribution in [0.15, 0.2) is 24.3 Å². The molecule has 5 atom stereocenters. The molecule has 0 radical (unpaired) electrons. The second kappa shape index (κ2) is 14.1. The number of hydrogen-bond donors (Lipinski definition) is 5. The summed E-state index contributed by atoms with van der Waals surface area (Å²) in [6.07, 6.45) is 2.20. The summed E-state index contributed by atoms with van der Waals surface area (Å²) in [7, 11) is 0. The van der Waals surface area contributed by atoms with Crippen LogP contribution in [-0.4, -0.2) is 64.7 Å². The van der Waals surface area contributed by atoms with Crippen LogP contribution in [0.4, 0.5) is 0 Å². The average Bonchev–Trinajstić information content (AvgIpc) is 3.39. The quantitative estimate of drug-likeness (QED) is 0.261. The van der Waals surface area contributed by atoms with Gasteiger partial charge in [0.15, 0.2) is 0 Å². The zero-order chi connectivity index (χ0) is 28.5. The number of carbonyl (C=O) groups excluding carboxylic acids is 3. The van der Waals surface area contributed by atoms with Gasteiger partial charge in [0.05, 0.1) is 0 Å². The number of carboxylic acids is 1. The minimum absolute atomic E-state index is 0.0751. The summed E-state index contributed by atoms with van der Waals surface area (Å²) in [5.41, 5.74) is 0.596. The van der Waals surface area contributed by atoms with Crippen molar-refractivity contribution in [3.63, 3.8) is 0 Å². The summed E-state index contributed by atoms with van der Waals surface area (Å²) in [5.74, 6) is -2.90. The van der Waals surface area contributed by atoms with Crippen LogP contribution in [0.3, 0.4) is 0 Å². The number of rotatable bonds is 13. The van der Waals surface area contributed by atoms with Crippen molar-refractivity contribution in [2.75, 3.05) is 6.61 Å². The van der Waals surface area contributed by atoms with E-state index in [1.807, 2.05) is 27.7 Å². The molecule has 10 nitrogen and oxygen atoms in total. The zero-order valence-electron chi connectivity index (χ0n) is 23.1. The summed E-state index contributed by atoms with van der Waals surface area (Å²) in [6.45, 7) is 10.1. The van der Waals surface area contributed by atoms with Crippen molar-refractivity contribution in [2.24, 2.45) is 11.3 Å². The Morgan fingerprint density at radius 1 is 1.03 bits per heavy atom. The van der Waals surface area contributed by atoms with E-state index in [0.717, 1.165) is 6.42 Å². The third-order valence-electron chi connectivity index (χ3n) is 6.82. The second-order valence-electron chi connectivity index (χ2n) is 11.3. The molecule has 1 aromatic carbocycles. The molecule has 1 aliphatic heterocycles. The smallest absolute Gasteiger partial charge is 0.326 e. The van der Waals surface area contributed by atoms with Crippen LogP contribution < -0.4 is 16.0 Å². The van der Waals surface area contributed by atoms with E-state index in [2.05, 4.69) is 16.0 Å². The molecule has 1 aliphatic rings. The van der Waals surface area contributed by atoms with E-state index in [-0.39, 0.29) is 29.9 Å².